The number of amides is 1. The van der Waals surface area contributed by atoms with Crippen molar-refractivity contribution >= 4 is 33.5 Å². The Bertz CT molecular complexity index is 1280. The van der Waals surface area contributed by atoms with Crippen LogP contribution in [-0.4, -0.2) is 38.4 Å². The summed E-state index contributed by atoms with van der Waals surface area (Å²) in [4.78, 5) is 24.6. The SMILES string of the molecule is Cc1nc2cc(C(=O)N3CCC[C@@H](c4nc5ccccc5cc4N)C3)ccc2n1C. The molecule has 3 heterocycles. The normalized spacial score (nSPS) is 17.0. The smallest absolute Gasteiger partial charge is 0.253 e. The van der Waals surface area contributed by atoms with Crippen molar-refractivity contribution in [3.8, 4) is 0 Å². The zero-order chi connectivity index (χ0) is 20.8. The van der Waals surface area contributed by atoms with Crippen LogP contribution in [0.4, 0.5) is 5.69 Å². The van der Waals surface area contributed by atoms with Gasteiger partial charge in [0.05, 0.1) is 27.9 Å². The molecule has 4 aromatic rings. The summed E-state index contributed by atoms with van der Waals surface area (Å²) in [5.74, 6) is 1.13. The molecule has 1 aliphatic rings. The summed E-state index contributed by atoms with van der Waals surface area (Å²) in [5.41, 5.74) is 11.5. The first kappa shape index (κ1) is 18.6. The van der Waals surface area contributed by atoms with Gasteiger partial charge in [-0.2, -0.15) is 0 Å². The molecule has 6 heteroatoms. The Balaban J connectivity index is 1.42. The fourth-order valence-electron chi connectivity index (χ4n) is 4.49. The number of anilines is 1. The van der Waals surface area contributed by atoms with Gasteiger partial charge >= 0.3 is 0 Å². The van der Waals surface area contributed by atoms with Gasteiger partial charge in [0.1, 0.15) is 5.82 Å². The van der Waals surface area contributed by atoms with E-state index in [4.69, 9.17) is 10.7 Å². The molecule has 0 aliphatic carbocycles. The molecule has 1 amide bonds. The summed E-state index contributed by atoms with van der Waals surface area (Å²) in [6.45, 7) is 3.35. The van der Waals surface area contributed by atoms with Crippen LogP contribution >= 0.6 is 0 Å². The lowest BCUT2D eigenvalue weighted by molar-refractivity contribution is 0.0706. The van der Waals surface area contributed by atoms with Gasteiger partial charge in [-0.25, -0.2) is 4.98 Å². The van der Waals surface area contributed by atoms with Crippen LogP contribution in [0, 0.1) is 6.92 Å². The molecular weight excluding hydrogens is 374 g/mol. The number of carbonyl (C=O) groups excluding carboxylic acids is 1. The Morgan fingerprint density at radius 3 is 2.80 bits per heavy atom. The van der Waals surface area contributed by atoms with E-state index in [0.29, 0.717) is 17.8 Å². The number of imidazole rings is 1. The van der Waals surface area contributed by atoms with Crippen molar-refractivity contribution in [2.75, 3.05) is 18.8 Å². The van der Waals surface area contributed by atoms with Crippen LogP contribution in [0.2, 0.25) is 0 Å². The molecular formula is C24H25N5O. The summed E-state index contributed by atoms with van der Waals surface area (Å²) < 4.78 is 2.04. The molecule has 1 saturated heterocycles. The van der Waals surface area contributed by atoms with Gasteiger partial charge < -0.3 is 15.2 Å². The summed E-state index contributed by atoms with van der Waals surface area (Å²) in [5, 5.41) is 1.04. The van der Waals surface area contributed by atoms with Crippen LogP contribution in [-0.2, 0) is 7.05 Å². The zero-order valence-electron chi connectivity index (χ0n) is 17.3. The molecule has 152 valence electrons. The molecule has 2 aromatic carbocycles. The minimum Gasteiger partial charge on any atom is -0.397 e. The topological polar surface area (TPSA) is 77.0 Å². The van der Waals surface area contributed by atoms with Gasteiger partial charge in [0.15, 0.2) is 0 Å². The number of hydrogen-bond donors (Lipinski definition) is 1. The number of benzene rings is 2. The van der Waals surface area contributed by atoms with Gasteiger partial charge in [-0.15, -0.1) is 0 Å². The molecule has 30 heavy (non-hydrogen) atoms. The lowest BCUT2D eigenvalue weighted by Gasteiger charge is -2.33. The predicted molar refractivity (Wildman–Crippen MR) is 119 cm³/mol. The lowest BCUT2D eigenvalue weighted by atomic mass is 9.92. The van der Waals surface area contributed by atoms with Crippen molar-refractivity contribution in [1.29, 1.82) is 0 Å². The minimum atomic E-state index is 0.0456. The highest BCUT2D eigenvalue weighted by Crippen LogP contribution is 2.32. The lowest BCUT2D eigenvalue weighted by Crippen LogP contribution is -2.39. The molecule has 5 rings (SSSR count). The van der Waals surface area contributed by atoms with Crippen LogP contribution in [0.5, 0.6) is 0 Å². The number of carbonyl (C=O) groups is 1. The number of piperidine rings is 1. The highest BCUT2D eigenvalue weighted by atomic mass is 16.2. The van der Waals surface area contributed by atoms with Crippen LogP contribution < -0.4 is 5.73 Å². The Kier molecular flexibility index (Phi) is 4.42. The Morgan fingerprint density at radius 2 is 1.93 bits per heavy atom. The van der Waals surface area contributed by atoms with Crippen LogP contribution in [0.1, 0.15) is 40.6 Å². The first-order valence-electron chi connectivity index (χ1n) is 10.4. The summed E-state index contributed by atoms with van der Waals surface area (Å²) in [7, 11) is 1.99. The summed E-state index contributed by atoms with van der Waals surface area (Å²) in [6.07, 6.45) is 1.92. The molecule has 1 aliphatic heterocycles. The van der Waals surface area contributed by atoms with Crippen molar-refractivity contribution in [2.45, 2.75) is 25.7 Å². The Labute approximate surface area is 175 Å². The maximum absolute atomic E-state index is 13.2. The van der Waals surface area contributed by atoms with E-state index < -0.39 is 0 Å². The molecule has 1 fully saturated rings. The number of nitrogens with two attached hydrogens (primary N) is 1. The average molecular weight is 399 g/mol. The first-order chi connectivity index (χ1) is 14.5. The molecule has 2 aromatic heterocycles. The van der Waals surface area contributed by atoms with E-state index >= 15 is 0 Å². The minimum absolute atomic E-state index is 0.0456. The van der Waals surface area contributed by atoms with E-state index in [1.165, 1.54) is 0 Å². The number of hydrogen-bond acceptors (Lipinski definition) is 4. The maximum Gasteiger partial charge on any atom is 0.253 e. The zero-order valence-corrected chi connectivity index (χ0v) is 17.3. The van der Waals surface area contributed by atoms with Crippen molar-refractivity contribution in [3.05, 3.63) is 65.6 Å². The van der Waals surface area contributed by atoms with Crippen molar-refractivity contribution < 1.29 is 4.79 Å². The number of rotatable bonds is 2. The maximum atomic E-state index is 13.2. The van der Waals surface area contributed by atoms with Crippen molar-refractivity contribution in [1.82, 2.24) is 19.4 Å². The van der Waals surface area contributed by atoms with Crippen molar-refractivity contribution in [3.63, 3.8) is 0 Å². The second-order valence-electron chi connectivity index (χ2n) is 8.17. The number of nitrogens with zero attached hydrogens (tertiary/aromatic N) is 4. The third-order valence-corrected chi connectivity index (χ3v) is 6.23. The molecule has 0 bridgehead atoms. The third kappa shape index (κ3) is 3.09. The number of aromatic nitrogens is 3. The second-order valence-corrected chi connectivity index (χ2v) is 8.17. The highest BCUT2D eigenvalue weighted by Gasteiger charge is 2.28. The number of para-hydroxylation sites is 1. The fourth-order valence-corrected chi connectivity index (χ4v) is 4.49. The molecule has 2 N–H and O–H groups in total. The van der Waals surface area contributed by atoms with Crippen molar-refractivity contribution in [2.24, 2.45) is 7.05 Å². The highest BCUT2D eigenvalue weighted by molar-refractivity contribution is 5.97. The standard InChI is InChI=1S/C24H25N5O/c1-15-26-21-13-17(9-10-22(21)28(15)2)24(30)29-11-5-7-18(14-29)23-19(25)12-16-6-3-4-8-20(16)27-23/h3-4,6,8-10,12-13,18H,5,7,11,14,25H2,1-2H3/t18-/m1/s1. The van der Waals surface area contributed by atoms with E-state index in [1.54, 1.807) is 0 Å². The van der Waals surface area contributed by atoms with Crippen LogP contribution in [0.3, 0.4) is 0 Å². The number of fused-ring (bicyclic) bond motifs is 2. The van der Waals surface area contributed by atoms with Gasteiger partial charge in [0, 0.05) is 37.0 Å². The number of likely N-dealkylation sites (tertiary alicyclic amines) is 1. The van der Waals surface area contributed by atoms with Gasteiger partial charge in [-0.1, -0.05) is 18.2 Å². The Hall–Kier alpha value is -3.41. The van der Waals surface area contributed by atoms with E-state index in [-0.39, 0.29) is 11.8 Å². The number of nitrogen functional groups attached to an aromatic ring is 1. The van der Waals surface area contributed by atoms with Gasteiger partial charge in [-0.05, 0) is 50.1 Å². The van der Waals surface area contributed by atoms with E-state index in [2.05, 4.69) is 4.98 Å². The first-order valence-corrected chi connectivity index (χ1v) is 10.4. The average Bonchev–Trinajstić information content (AvgIpc) is 3.05. The summed E-state index contributed by atoms with van der Waals surface area (Å²) in [6, 6.07) is 15.8. The number of aryl methyl sites for hydroxylation is 2. The predicted octanol–water partition coefficient (Wildman–Crippen LogP) is 4.03. The molecule has 0 spiro atoms. The van der Waals surface area contributed by atoms with Crippen LogP contribution in [0.15, 0.2) is 48.5 Å². The van der Waals surface area contributed by atoms with E-state index in [1.807, 2.05) is 72.0 Å². The largest absolute Gasteiger partial charge is 0.397 e. The quantitative estimate of drug-likeness (QED) is 0.552. The van der Waals surface area contributed by atoms with Gasteiger partial charge in [0.2, 0.25) is 0 Å². The third-order valence-electron chi connectivity index (χ3n) is 6.23. The number of pyridine rings is 1. The molecule has 0 radical (unpaired) electrons. The van der Waals surface area contributed by atoms with E-state index in [9.17, 15) is 4.79 Å². The van der Waals surface area contributed by atoms with Gasteiger partial charge in [-0.3, -0.25) is 9.78 Å². The monoisotopic (exact) mass is 399 g/mol. The second kappa shape index (κ2) is 7.13. The van der Waals surface area contributed by atoms with Crippen LogP contribution in [0.25, 0.3) is 21.9 Å². The molecule has 0 saturated carbocycles. The Morgan fingerprint density at radius 1 is 1.10 bits per heavy atom. The van der Waals surface area contributed by atoms with Gasteiger partial charge in [0.25, 0.3) is 5.91 Å². The fraction of sp³-hybridized carbons (Fsp3) is 0.292. The van der Waals surface area contributed by atoms with E-state index in [0.717, 1.165) is 52.8 Å². The molecule has 0 unspecified atom stereocenters. The summed E-state index contributed by atoms with van der Waals surface area (Å²) >= 11 is 0. The molecule has 1 atom stereocenters. The molecule has 6 nitrogen and oxygen atoms in total.